The lowest BCUT2D eigenvalue weighted by molar-refractivity contribution is 0.283. The third kappa shape index (κ3) is 5.34. The molecule has 29 heavy (non-hydrogen) atoms. The number of nitrogens with one attached hydrogen (secondary N) is 2. The van der Waals surface area contributed by atoms with Gasteiger partial charge in [-0.1, -0.05) is 56.3 Å². The normalized spacial score (nSPS) is 21.8. The standard InChI is InChI=1S/C25H32N4/c1-6-12-20(18-26)16-19(5)27-21(8-3)17-25(9-4)23-15-11-10-14-22(23)24(13-7-2)28-29-25/h6,8,10-16,28-29H,7,9,17H2,1-5H3/b12-6-,20-16+,21-8-,24-13-,27-19+. The highest BCUT2D eigenvalue weighted by atomic mass is 15.4. The Bertz CT molecular complexity index is 909. The number of rotatable bonds is 7. The molecule has 2 rings (SSSR count). The van der Waals surface area contributed by atoms with Crippen LogP contribution in [0.5, 0.6) is 0 Å². The molecule has 0 fully saturated rings. The number of benzene rings is 1. The Morgan fingerprint density at radius 1 is 1.24 bits per heavy atom. The molecule has 1 atom stereocenters. The van der Waals surface area contributed by atoms with Crippen molar-refractivity contribution in [2.75, 3.05) is 0 Å². The molecule has 2 N–H and O–H groups in total. The van der Waals surface area contributed by atoms with Crippen molar-refractivity contribution in [3.8, 4) is 6.07 Å². The zero-order valence-electron chi connectivity index (χ0n) is 18.2. The topological polar surface area (TPSA) is 60.2 Å². The fraction of sp³-hybridized carbons (Fsp3) is 0.360. The van der Waals surface area contributed by atoms with Crippen LogP contribution >= 0.6 is 0 Å². The Morgan fingerprint density at radius 2 is 2.00 bits per heavy atom. The molecule has 0 aromatic heterocycles. The summed E-state index contributed by atoms with van der Waals surface area (Å²) >= 11 is 0. The van der Waals surface area contributed by atoms with E-state index in [-0.39, 0.29) is 5.54 Å². The molecule has 0 amide bonds. The second-order valence-corrected chi connectivity index (χ2v) is 7.18. The van der Waals surface area contributed by atoms with E-state index in [4.69, 9.17) is 4.99 Å². The summed E-state index contributed by atoms with van der Waals surface area (Å²) in [6.45, 7) is 10.2. The van der Waals surface area contributed by atoms with E-state index < -0.39 is 0 Å². The second-order valence-electron chi connectivity index (χ2n) is 7.18. The van der Waals surface area contributed by atoms with Crippen molar-refractivity contribution in [2.45, 2.75) is 59.4 Å². The summed E-state index contributed by atoms with van der Waals surface area (Å²) < 4.78 is 0. The van der Waals surface area contributed by atoms with E-state index in [2.05, 4.69) is 67.2 Å². The van der Waals surface area contributed by atoms with E-state index in [1.165, 1.54) is 11.1 Å². The van der Waals surface area contributed by atoms with Gasteiger partial charge in [0.25, 0.3) is 0 Å². The molecule has 4 heteroatoms. The average molecular weight is 389 g/mol. The lowest BCUT2D eigenvalue weighted by atomic mass is 9.79. The predicted molar refractivity (Wildman–Crippen MR) is 123 cm³/mol. The maximum absolute atomic E-state index is 9.25. The van der Waals surface area contributed by atoms with Gasteiger partial charge in [0.1, 0.15) is 0 Å². The van der Waals surface area contributed by atoms with Crippen molar-refractivity contribution >= 4 is 11.4 Å². The smallest absolute Gasteiger partial charge is 0.0992 e. The van der Waals surface area contributed by atoms with Crippen LogP contribution in [0.2, 0.25) is 0 Å². The molecule has 0 radical (unpaired) electrons. The largest absolute Gasteiger partial charge is 0.320 e. The molecule has 152 valence electrons. The SMILES string of the molecule is C\C=C/C(C#N)=C\C(C)=N\C(=C/C)CC1(CC)NN/C(=C\CC)c2ccccc21. The van der Waals surface area contributed by atoms with E-state index in [1.807, 2.05) is 32.9 Å². The van der Waals surface area contributed by atoms with E-state index in [9.17, 15) is 5.26 Å². The number of nitriles is 1. The summed E-state index contributed by atoms with van der Waals surface area (Å²) in [6.07, 6.45) is 12.4. The van der Waals surface area contributed by atoms with Crippen molar-refractivity contribution in [3.05, 3.63) is 77.0 Å². The Labute approximate surface area is 175 Å². The van der Waals surface area contributed by atoms with Crippen LogP contribution in [0.1, 0.15) is 65.0 Å². The van der Waals surface area contributed by atoms with Crippen LogP contribution in [-0.4, -0.2) is 5.71 Å². The Kier molecular flexibility index (Phi) is 8.18. The number of fused-ring (bicyclic) bond motifs is 1. The number of hydrogen-bond donors (Lipinski definition) is 2. The summed E-state index contributed by atoms with van der Waals surface area (Å²) in [7, 11) is 0. The number of nitrogens with zero attached hydrogens (tertiary/aromatic N) is 2. The summed E-state index contributed by atoms with van der Waals surface area (Å²) in [4.78, 5) is 4.81. The molecule has 0 saturated heterocycles. The number of hydrazine groups is 1. The summed E-state index contributed by atoms with van der Waals surface area (Å²) in [5, 5.41) is 9.25. The van der Waals surface area contributed by atoms with Crippen LogP contribution in [0.25, 0.3) is 5.70 Å². The first kappa shape index (κ1) is 22.4. The highest BCUT2D eigenvalue weighted by molar-refractivity contribution is 5.95. The number of aliphatic imine (C=N–C) groups is 1. The van der Waals surface area contributed by atoms with Gasteiger partial charge >= 0.3 is 0 Å². The Hall–Kier alpha value is -2.90. The average Bonchev–Trinajstić information content (AvgIpc) is 2.74. The van der Waals surface area contributed by atoms with Gasteiger partial charge in [-0.2, -0.15) is 5.26 Å². The Balaban J connectivity index is 2.41. The quantitative estimate of drug-likeness (QED) is 0.346. The third-order valence-corrected chi connectivity index (χ3v) is 5.16. The first-order valence-corrected chi connectivity index (χ1v) is 10.3. The van der Waals surface area contributed by atoms with Crippen LogP contribution in [0.15, 0.2) is 70.9 Å². The van der Waals surface area contributed by atoms with Crippen molar-refractivity contribution < 1.29 is 0 Å². The Morgan fingerprint density at radius 3 is 2.62 bits per heavy atom. The molecular weight excluding hydrogens is 356 g/mol. The van der Waals surface area contributed by atoms with Crippen LogP contribution in [0, 0.1) is 11.3 Å². The van der Waals surface area contributed by atoms with Crippen LogP contribution in [-0.2, 0) is 5.54 Å². The fourth-order valence-electron chi connectivity index (χ4n) is 3.66. The first-order valence-electron chi connectivity index (χ1n) is 10.3. The van der Waals surface area contributed by atoms with Crippen molar-refractivity contribution in [1.82, 2.24) is 10.9 Å². The predicted octanol–water partition coefficient (Wildman–Crippen LogP) is 5.93. The zero-order valence-corrected chi connectivity index (χ0v) is 18.2. The minimum atomic E-state index is -0.252. The molecule has 1 heterocycles. The minimum Gasteiger partial charge on any atom is -0.320 e. The van der Waals surface area contributed by atoms with E-state index in [0.717, 1.165) is 36.4 Å². The van der Waals surface area contributed by atoms with Gasteiger partial charge in [0.15, 0.2) is 0 Å². The van der Waals surface area contributed by atoms with E-state index in [1.54, 1.807) is 6.08 Å². The molecule has 1 aromatic carbocycles. The van der Waals surface area contributed by atoms with Gasteiger partial charge in [0.2, 0.25) is 0 Å². The van der Waals surface area contributed by atoms with Gasteiger partial charge in [-0.3, -0.25) is 4.99 Å². The molecule has 1 aromatic rings. The zero-order chi connectivity index (χ0) is 21.3. The lowest BCUT2D eigenvalue weighted by Gasteiger charge is -2.41. The van der Waals surface area contributed by atoms with Gasteiger partial charge in [-0.15, -0.1) is 0 Å². The summed E-state index contributed by atoms with van der Waals surface area (Å²) in [5.74, 6) is 0. The molecule has 0 bridgehead atoms. The molecular formula is C25H32N4. The summed E-state index contributed by atoms with van der Waals surface area (Å²) in [5.41, 5.74) is 12.8. The van der Waals surface area contributed by atoms with Crippen LogP contribution < -0.4 is 10.9 Å². The molecule has 0 spiro atoms. The van der Waals surface area contributed by atoms with Crippen molar-refractivity contribution in [3.63, 3.8) is 0 Å². The fourth-order valence-corrected chi connectivity index (χ4v) is 3.66. The molecule has 1 aliphatic heterocycles. The molecule has 1 aliphatic rings. The van der Waals surface area contributed by atoms with E-state index in [0.29, 0.717) is 5.57 Å². The highest BCUT2D eigenvalue weighted by Crippen LogP contribution is 2.39. The van der Waals surface area contributed by atoms with Gasteiger partial charge < -0.3 is 5.43 Å². The molecule has 0 aliphatic carbocycles. The van der Waals surface area contributed by atoms with E-state index >= 15 is 0 Å². The van der Waals surface area contributed by atoms with Crippen molar-refractivity contribution in [1.29, 1.82) is 5.26 Å². The molecule has 4 nitrogen and oxygen atoms in total. The number of hydrogen-bond acceptors (Lipinski definition) is 4. The number of allylic oxidation sites excluding steroid dienone is 6. The summed E-state index contributed by atoms with van der Waals surface area (Å²) in [6, 6.07) is 10.8. The maximum Gasteiger partial charge on any atom is 0.0992 e. The third-order valence-electron chi connectivity index (χ3n) is 5.16. The second kappa shape index (κ2) is 10.6. The monoisotopic (exact) mass is 388 g/mol. The van der Waals surface area contributed by atoms with Crippen molar-refractivity contribution in [2.24, 2.45) is 4.99 Å². The van der Waals surface area contributed by atoms with Crippen LogP contribution in [0.4, 0.5) is 0 Å². The highest BCUT2D eigenvalue weighted by Gasteiger charge is 2.37. The van der Waals surface area contributed by atoms with Gasteiger partial charge in [-0.25, -0.2) is 5.43 Å². The minimum absolute atomic E-state index is 0.252. The van der Waals surface area contributed by atoms with Gasteiger partial charge in [0, 0.05) is 23.4 Å². The van der Waals surface area contributed by atoms with Gasteiger partial charge in [-0.05, 0) is 51.3 Å². The van der Waals surface area contributed by atoms with Gasteiger partial charge in [0.05, 0.1) is 22.9 Å². The maximum atomic E-state index is 9.25. The molecule has 0 saturated carbocycles. The van der Waals surface area contributed by atoms with Crippen LogP contribution in [0.3, 0.4) is 0 Å². The molecule has 1 unspecified atom stereocenters. The lowest BCUT2D eigenvalue weighted by Crippen LogP contribution is -2.53. The first-order chi connectivity index (χ1) is 14.0.